The van der Waals surface area contributed by atoms with Gasteiger partial charge in [-0.2, -0.15) is 0 Å². The van der Waals surface area contributed by atoms with Crippen LogP contribution in [0.3, 0.4) is 0 Å². The number of ether oxygens (including phenoxy) is 1. The third kappa shape index (κ3) is 4.15. The van der Waals surface area contributed by atoms with Crippen LogP contribution in [0.5, 0.6) is 5.75 Å². The minimum atomic E-state index is -1.04. The van der Waals surface area contributed by atoms with E-state index in [4.69, 9.17) is 33.0 Å². The maximum atomic E-state index is 12.4. The molecular weight excluding hydrogens is 341 g/mol. The zero-order chi connectivity index (χ0) is 17.0. The lowest BCUT2D eigenvalue weighted by Crippen LogP contribution is -2.14. The molecule has 2 N–H and O–H groups in total. The molecule has 2 aromatic carbocycles. The fourth-order valence-corrected chi connectivity index (χ4v) is 2.46. The Labute approximate surface area is 142 Å². The Hall–Kier alpha value is -2.24. The number of halogens is 2. The third-order valence-electron chi connectivity index (χ3n) is 2.93. The van der Waals surface area contributed by atoms with Gasteiger partial charge in [0, 0.05) is 10.7 Å². The molecule has 0 spiro atoms. The fraction of sp³-hybridized carbons (Fsp3) is 0.125. The quantitative estimate of drug-likeness (QED) is 0.837. The molecule has 0 saturated heterocycles. The predicted octanol–water partition coefficient (Wildman–Crippen LogP) is 4.34. The monoisotopic (exact) mass is 353 g/mol. The minimum Gasteiger partial charge on any atom is -0.491 e. The van der Waals surface area contributed by atoms with Crippen LogP contribution in [-0.2, 0) is 0 Å². The van der Waals surface area contributed by atoms with Crippen molar-refractivity contribution in [3.63, 3.8) is 0 Å². The number of aromatic carboxylic acids is 1. The van der Waals surface area contributed by atoms with Crippen molar-refractivity contribution in [3.8, 4) is 5.75 Å². The molecule has 0 aliphatic carbocycles. The van der Waals surface area contributed by atoms with E-state index in [1.54, 1.807) is 6.92 Å². The molecule has 5 nitrogen and oxygen atoms in total. The zero-order valence-corrected chi connectivity index (χ0v) is 13.6. The molecule has 2 aromatic rings. The summed E-state index contributed by atoms with van der Waals surface area (Å²) in [4.78, 5) is 23.2. The topological polar surface area (TPSA) is 75.6 Å². The van der Waals surface area contributed by atoms with Gasteiger partial charge >= 0.3 is 5.97 Å². The SMILES string of the molecule is CCOc1c(Cl)cc(Cl)cc1C(=O)Nc1ccc(C(=O)O)cc1. The minimum absolute atomic E-state index is 0.129. The smallest absolute Gasteiger partial charge is 0.335 e. The van der Waals surface area contributed by atoms with Crippen LogP contribution in [0.1, 0.15) is 27.6 Å². The molecular formula is C16H13Cl2NO4. The molecule has 1 amide bonds. The van der Waals surface area contributed by atoms with Crippen molar-refractivity contribution in [2.45, 2.75) is 6.92 Å². The maximum Gasteiger partial charge on any atom is 0.335 e. The average Bonchev–Trinajstić information content (AvgIpc) is 2.50. The van der Waals surface area contributed by atoms with Gasteiger partial charge in [-0.25, -0.2) is 4.79 Å². The number of carboxylic acid groups (broad SMARTS) is 1. The fourth-order valence-electron chi connectivity index (χ4n) is 1.91. The summed E-state index contributed by atoms with van der Waals surface area (Å²) in [5.74, 6) is -1.25. The largest absolute Gasteiger partial charge is 0.491 e. The standard InChI is InChI=1S/C16H13Cl2NO4/c1-2-23-14-12(7-10(17)8-13(14)18)15(20)19-11-5-3-9(4-6-11)16(21)22/h3-8H,2H2,1H3,(H,19,20)(H,21,22). The molecule has 0 aliphatic rings. The van der Waals surface area contributed by atoms with E-state index in [1.807, 2.05) is 0 Å². The second-order valence-corrected chi connectivity index (χ2v) is 5.38. The van der Waals surface area contributed by atoms with E-state index in [-0.39, 0.29) is 21.9 Å². The van der Waals surface area contributed by atoms with Crippen molar-refractivity contribution in [2.75, 3.05) is 11.9 Å². The number of carboxylic acids is 1. The van der Waals surface area contributed by atoms with Crippen molar-refractivity contribution >= 4 is 40.8 Å². The summed E-state index contributed by atoms with van der Waals surface area (Å²) in [7, 11) is 0. The van der Waals surface area contributed by atoms with E-state index in [9.17, 15) is 9.59 Å². The van der Waals surface area contributed by atoms with Crippen LogP contribution in [0.4, 0.5) is 5.69 Å². The highest BCUT2D eigenvalue weighted by molar-refractivity contribution is 6.36. The Morgan fingerprint density at radius 2 is 1.83 bits per heavy atom. The molecule has 0 aromatic heterocycles. The van der Waals surface area contributed by atoms with E-state index in [0.29, 0.717) is 17.3 Å². The summed E-state index contributed by atoms with van der Waals surface area (Å²) in [5, 5.41) is 12.1. The number of benzene rings is 2. The van der Waals surface area contributed by atoms with Crippen molar-refractivity contribution in [2.24, 2.45) is 0 Å². The van der Waals surface area contributed by atoms with Gasteiger partial charge in [0.2, 0.25) is 0 Å². The van der Waals surface area contributed by atoms with Gasteiger partial charge in [0.05, 0.1) is 22.8 Å². The Morgan fingerprint density at radius 1 is 1.17 bits per heavy atom. The first kappa shape index (κ1) is 17.1. The molecule has 0 saturated carbocycles. The molecule has 120 valence electrons. The van der Waals surface area contributed by atoms with Crippen LogP contribution < -0.4 is 10.1 Å². The number of hydrogen-bond donors (Lipinski definition) is 2. The van der Waals surface area contributed by atoms with Crippen molar-refractivity contribution in [1.82, 2.24) is 0 Å². The van der Waals surface area contributed by atoms with Crippen molar-refractivity contribution in [3.05, 3.63) is 57.6 Å². The Bertz CT molecular complexity index is 744. The highest BCUT2D eigenvalue weighted by atomic mass is 35.5. The summed E-state index contributed by atoms with van der Waals surface area (Å²) in [6.45, 7) is 2.12. The highest BCUT2D eigenvalue weighted by Gasteiger charge is 2.17. The Morgan fingerprint density at radius 3 is 2.39 bits per heavy atom. The van der Waals surface area contributed by atoms with Crippen LogP contribution >= 0.6 is 23.2 Å². The molecule has 0 unspecified atom stereocenters. The number of amides is 1. The first-order valence-electron chi connectivity index (χ1n) is 6.69. The lowest BCUT2D eigenvalue weighted by molar-refractivity contribution is 0.0696. The molecule has 0 heterocycles. The Balaban J connectivity index is 2.28. The first-order chi connectivity index (χ1) is 10.9. The number of carbonyl (C=O) groups is 2. The summed E-state index contributed by atoms with van der Waals surface area (Å²) in [6, 6.07) is 8.73. The van der Waals surface area contributed by atoms with Gasteiger partial charge < -0.3 is 15.2 Å². The third-order valence-corrected chi connectivity index (χ3v) is 3.43. The van der Waals surface area contributed by atoms with Gasteiger partial charge in [0.1, 0.15) is 0 Å². The lowest BCUT2D eigenvalue weighted by Gasteiger charge is -2.13. The van der Waals surface area contributed by atoms with Crippen LogP contribution in [0.15, 0.2) is 36.4 Å². The van der Waals surface area contributed by atoms with Crippen LogP contribution in [0, 0.1) is 0 Å². The van der Waals surface area contributed by atoms with Gasteiger partial charge in [-0.3, -0.25) is 4.79 Å². The molecule has 23 heavy (non-hydrogen) atoms. The van der Waals surface area contributed by atoms with Crippen LogP contribution in [0.25, 0.3) is 0 Å². The normalized spacial score (nSPS) is 10.2. The van der Waals surface area contributed by atoms with Gasteiger partial charge in [0.15, 0.2) is 5.75 Å². The summed E-state index contributed by atoms with van der Waals surface area (Å²) in [5.41, 5.74) is 0.772. The lowest BCUT2D eigenvalue weighted by atomic mass is 10.1. The van der Waals surface area contributed by atoms with E-state index in [0.717, 1.165) is 0 Å². The van der Waals surface area contributed by atoms with E-state index < -0.39 is 11.9 Å². The second-order valence-electron chi connectivity index (χ2n) is 4.53. The summed E-state index contributed by atoms with van der Waals surface area (Å²) >= 11 is 12.0. The van der Waals surface area contributed by atoms with E-state index in [2.05, 4.69) is 5.32 Å². The van der Waals surface area contributed by atoms with Crippen LogP contribution in [0.2, 0.25) is 10.0 Å². The zero-order valence-electron chi connectivity index (χ0n) is 12.1. The Kier molecular flexibility index (Phi) is 5.47. The number of nitrogens with one attached hydrogen (secondary N) is 1. The highest BCUT2D eigenvalue weighted by Crippen LogP contribution is 2.33. The number of anilines is 1. The average molecular weight is 354 g/mol. The van der Waals surface area contributed by atoms with Gasteiger partial charge in [-0.15, -0.1) is 0 Å². The molecule has 7 heteroatoms. The molecule has 2 rings (SSSR count). The van der Waals surface area contributed by atoms with Gasteiger partial charge in [-0.05, 0) is 43.3 Å². The maximum absolute atomic E-state index is 12.4. The molecule has 0 radical (unpaired) electrons. The molecule has 0 atom stereocenters. The number of hydrogen-bond acceptors (Lipinski definition) is 3. The van der Waals surface area contributed by atoms with Crippen molar-refractivity contribution in [1.29, 1.82) is 0 Å². The summed E-state index contributed by atoms with van der Waals surface area (Å²) < 4.78 is 5.40. The predicted molar refractivity (Wildman–Crippen MR) is 89.0 cm³/mol. The summed E-state index contributed by atoms with van der Waals surface area (Å²) in [6.07, 6.45) is 0. The van der Waals surface area contributed by atoms with E-state index >= 15 is 0 Å². The molecule has 0 fully saturated rings. The van der Waals surface area contributed by atoms with Gasteiger partial charge in [0.25, 0.3) is 5.91 Å². The first-order valence-corrected chi connectivity index (χ1v) is 7.44. The van der Waals surface area contributed by atoms with Gasteiger partial charge in [-0.1, -0.05) is 23.2 Å². The van der Waals surface area contributed by atoms with Crippen molar-refractivity contribution < 1.29 is 19.4 Å². The number of rotatable bonds is 5. The molecule has 0 aliphatic heterocycles. The second kappa shape index (κ2) is 7.35. The van der Waals surface area contributed by atoms with Crippen LogP contribution in [-0.4, -0.2) is 23.6 Å². The van der Waals surface area contributed by atoms with E-state index in [1.165, 1.54) is 36.4 Å². The molecule has 0 bridgehead atoms. The number of carbonyl (C=O) groups excluding carboxylic acids is 1.